The normalized spacial score (nSPS) is 18.6. The number of esters is 3. The topological polar surface area (TPSA) is 175 Å². The highest BCUT2D eigenvalue weighted by Gasteiger charge is 2.50. The number of aliphatic hydroxyl groups is 2. The van der Waals surface area contributed by atoms with Crippen molar-refractivity contribution in [2.24, 2.45) is 0 Å². The lowest BCUT2D eigenvalue weighted by molar-refractivity contribution is -0.301. The summed E-state index contributed by atoms with van der Waals surface area (Å²) in [6, 6.07) is 0. The first kappa shape index (κ1) is 70.9. The van der Waals surface area contributed by atoms with Crippen LogP contribution in [0.2, 0.25) is 0 Å². The van der Waals surface area contributed by atoms with Crippen molar-refractivity contribution < 1.29 is 58.2 Å². The van der Waals surface area contributed by atoms with Gasteiger partial charge in [0.1, 0.15) is 18.8 Å². The number of hydrogen-bond acceptors (Lipinski definition) is 11. The predicted molar refractivity (Wildman–Crippen MR) is 312 cm³/mol. The van der Waals surface area contributed by atoms with Crippen LogP contribution in [-0.2, 0) is 42.9 Å². The van der Waals surface area contributed by atoms with Gasteiger partial charge < -0.3 is 39.0 Å². The lowest BCUT2D eigenvalue weighted by Gasteiger charge is -2.40. The Hall–Kier alpha value is -4.10. The summed E-state index contributed by atoms with van der Waals surface area (Å²) >= 11 is 0. The minimum atomic E-state index is -1.92. The Balaban J connectivity index is 2.70. The second kappa shape index (κ2) is 52.6. The molecule has 1 heterocycles. The van der Waals surface area contributed by atoms with Gasteiger partial charge in [0.25, 0.3) is 0 Å². The second-order valence-corrected chi connectivity index (χ2v) is 20.6. The summed E-state index contributed by atoms with van der Waals surface area (Å²) in [5.41, 5.74) is 0. The third kappa shape index (κ3) is 42.5. The Morgan fingerprint density at radius 3 is 1.32 bits per heavy atom. The molecule has 440 valence electrons. The summed E-state index contributed by atoms with van der Waals surface area (Å²) in [7, 11) is 0. The molecule has 1 rings (SSSR count). The molecule has 12 nitrogen and oxygen atoms in total. The number of hydrogen-bond donors (Lipinski definition) is 3. The second-order valence-electron chi connectivity index (χ2n) is 20.6. The molecule has 77 heavy (non-hydrogen) atoms. The molecule has 0 bridgehead atoms. The Morgan fingerprint density at radius 1 is 0.442 bits per heavy atom. The molecule has 0 amide bonds. The summed E-state index contributed by atoms with van der Waals surface area (Å²) in [5.74, 6) is -3.24. The van der Waals surface area contributed by atoms with E-state index in [0.717, 1.165) is 96.3 Å². The molecule has 0 radical (unpaired) electrons. The maximum absolute atomic E-state index is 13.1. The highest BCUT2D eigenvalue weighted by molar-refractivity contribution is 5.74. The molecule has 12 heteroatoms. The zero-order valence-corrected chi connectivity index (χ0v) is 48.4. The molecule has 1 saturated heterocycles. The molecule has 0 aromatic carbocycles. The van der Waals surface area contributed by atoms with E-state index in [9.17, 15) is 34.5 Å². The van der Waals surface area contributed by atoms with Crippen LogP contribution < -0.4 is 0 Å². The molecule has 1 fully saturated rings. The van der Waals surface area contributed by atoms with Crippen molar-refractivity contribution in [2.45, 2.75) is 289 Å². The van der Waals surface area contributed by atoms with Crippen LogP contribution in [0, 0.1) is 0 Å². The summed E-state index contributed by atoms with van der Waals surface area (Å²) in [6.45, 7) is 5.79. The molecule has 6 unspecified atom stereocenters. The van der Waals surface area contributed by atoms with E-state index < -0.39 is 67.3 Å². The van der Waals surface area contributed by atoms with Crippen molar-refractivity contribution in [3.8, 4) is 0 Å². The summed E-state index contributed by atoms with van der Waals surface area (Å²) in [6.07, 6.45) is 55.6. The van der Waals surface area contributed by atoms with E-state index >= 15 is 0 Å². The molecule has 1 aliphatic heterocycles. The molecule has 6 atom stereocenters. The van der Waals surface area contributed by atoms with E-state index in [-0.39, 0.29) is 25.9 Å². The summed E-state index contributed by atoms with van der Waals surface area (Å²) < 4.78 is 28.4. The summed E-state index contributed by atoms with van der Waals surface area (Å²) in [5, 5.41) is 31.5. The van der Waals surface area contributed by atoms with Gasteiger partial charge in [0.15, 0.2) is 24.6 Å². The number of carbonyl (C=O) groups excluding carboxylic acids is 3. The Labute approximate surface area is 467 Å². The van der Waals surface area contributed by atoms with Gasteiger partial charge in [-0.15, -0.1) is 0 Å². The number of carboxylic acids is 1. The van der Waals surface area contributed by atoms with Crippen molar-refractivity contribution in [3.63, 3.8) is 0 Å². The van der Waals surface area contributed by atoms with Gasteiger partial charge in [-0.25, -0.2) is 4.79 Å². The number of carbonyl (C=O) groups is 4. The largest absolute Gasteiger partial charge is 0.479 e. The maximum Gasteiger partial charge on any atom is 0.335 e. The predicted octanol–water partition coefficient (Wildman–Crippen LogP) is 15.9. The van der Waals surface area contributed by atoms with Crippen LogP contribution in [0.4, 0.5) is 0 Å². The number of carboxylic acid groups (broad SMARTS) is 1. The fourth-order valence-corrected chi connectivity index (χ4v) is 8.80. The summed E-state index contributed by atoms with van der Waals surface area (Å²) in [4.78, 5) is 51.1. The van der Waals surface area contributed by atoms with Gasteiger partial charge in [-0.05, 0) is 83.5 Å². The molecule has 1 aliphatic rings. The number of ether oxygens (including phenoxy) is 5. The van der Waals surface area contributed by atoms with Crippen LogP contribution in [0.1, 0.15) is 252 Å². The smallest absolute Gasteiger partial charge is 0.335 e. The van der Waals surface area contributed by atoms with E-state index in [4.69, 9.17) is 23.7 Å². The van der Waals surface area contributed by atoms with Crippen LogP contribution >= 0.6 is 0 Å². The van der Waals surface area contributed by atoms with Gasteiger partial charge >= 0.3 is 23.9 Å². The zero-order chi connectivity index (χ0) is 56.1. The van der Waals surface area contributed by atoms with E-state index in [1.165, 1.54) is 89.9 Å². The minimum Gasteiger partial charge on any atom is -0.479 e. The van der Waals surface area contributed by atoms with Crippen molar-refractivity contribution in [3.05, 3.63) is 85.1 Å². The average Bonchev–Trinajstić information content (AvgIpc) is 3.42. The molecular weight excluding hydrogens is 973 g/mol. The Morgan fingerprint density at radius 2 is 0.844 bits per heavy atom. The number of aliphatic hydroxyl groups excluding tert-OH is 2. The lowest BCUT2D eigenvalue weighted by Crippen LogP contribution is -2.61. The first-order chi connectivity index (χ1) is 37.6. The average molecular weight is 1080 g/mol. The van der Waals surface area contributed by atoms with Crippen LogP contribution in [-0.4, -0.2) is 89.2 Å². The fraction of sp³-hybridized carbons (Fsp3) is 0.723. The number of allylic oxidation sites excluding steroid dienone is 14. The monoisotopic (exact) mass is 1080 g/mol. The number of unbranched alkanes of at least 4 members (excludes halogenated alkanes) is 23. The van der Waals surface area contributed by atoms with Gasteiger partial charge in [0.2, 0.25) is 0 Å². The number of rotatable bonds is 51. The van der Waals surface area contributed by atoms with Gasteiger partial charge in [-0.2, -0.15) is 0 Å². The minimum absolute atomic E-state index is 0.0358. The molecular formula is C65H108O12. The zero-order valence-electron chi connectivity index (χ0n) is 48.4. The molecule has 0 aliphatic carbocycles. The third-order valence-electron chi connectivity index (χ3n) is 13.5. The van der Waals surface area contributed by atoms with Gasteiger partial charge in [0.05, 0.1) is 6.61 Å². The van der Waals surface area contributed by atoms with Gasteiger partial charge in [-0.3, -0.25) is 14.4 Å². The molecule has 3 N–H and O–H groups in total. The van der Waals surface area contributed by atoms with Crippen LogP contribution in [0.15, 0.2) is 85.1 Å². The standard InChI is InChI=1S/C65H108O12/c1-4-7-10-13-16-19-22-25-27-28-29-30-32-35-38-41-44-47-50-53-59(68)76-63-61(70)60(69)62(64(71)72)77-65(63)74-55-56(75-58(67)52-49-46-43-40-37-33-24-21-18-15-12-9-6-3)54-73-57(66)51-48-45-42-39-36-34-31-26-23-20-17-14-11-8-5-2/h9,12,16,18-19,21,25,27,29-30,33,37,43,46,56,60-63,65,69-70H,4-8,10-11,13-15,17,20,22-24,26,28,31-32,34-36,38-42,44-45,47-55H2,1-3H3,(H,71,72)/b12-9-,19-16-,21-18-,27-25-,30-29-,37-33-,46-43-. The lowest BCUT2D eigenvalue weighted by atomic mass is 9.98. The van der Waals surface area contributed by atoms with E-state index in [1.807, 2.05) is 12.2 Å². The first-order valence-electron chi connectivity index (χ1n) is 30.6. The quantitative estimate of drug-likeness (QED) is 0.0228. The first-order valence-corrected chi connectivity index (χ1v) is 30.6. The van der Waals surface area contributed by atoms with E-state index in [0.29, 0.717) is 25.7 Å². The van der Waals surface area contributed by atoms with Crippen molar-refractivity contribution in [1.82, 2.24) is 0 Å². The highest BCUT2D eigenvalue weighted by Crippen LogP contribution is 2.26. The van der Waals surface area contributed by atoms with Gasteiger partial charge in [-0.1, -0.05) is 234 Å². The highest BCUT2D eigenvalue weighted by atomic mass is 16.7. The molecule has 0 spiro atoms. The van der Waals surface area contributed by atoms with Crippen molar-refractivity contribution >= 4 is 23.9 Å². The van der Waals surface area contributed by atoms with Crippen molar-refractivity contribution in [1.29, 1.82) is 0 Å². The Bertz CT molecular complexity index is 1660. The fourth-order valence-electron chi connectivity index (χ4n) is 8.80. The van der Waals surface area contributed by atoms with E-state index in [2.05, 4.69) is 93.7 Å². The molecule has 0 saturated carbocycles. The SMILES string of the molecule is CC/C=C\C/C=C\C/C=C\C/C=C\CCC(=O)OC(COC(=O)CCCCCCCCCCCCCCCCC)COC1OC(C(=O)O)C(O)C(O)C1OC(=O)CCCCCCCC/C=C\C/C=C\C/C=C\CCCCC. The van der Waals surface area contributed by atoms with Crippen LogP contribution in [0.5, 0.6) is 0 Å². The van der Waals surface area contributed by atoms with Gasteiger partial charge in [0, 0.05) is 19.3 Å². The number of aliphatic carboxylic acids is 1. The third-order valence-corrected chi connectivity index (χ3v) is 13.5. The van der Waals surface area contributed by atoms with Crippen molar-refractivity contribution in [2.75, 3.05) is 13.2 Å². The van der Waals surface area contributed by atoms with Crippen LogP contribution in [0.25, 0.3) is 0 Å². The Kier molecular flexibility index (Phi) is 48.4. The van der Waals surface area contributed by atoms with E-state index in [1.54, 1.807) is 0 Å². The molecule has 0 aromatic rings. The molecule has 0 aromatic heterocycles. The maximum atomic E-state index is 13.1. The van der Waals surface area contributed by atoms with Crippen LogP contribution in [0.3, 0.4) is 0 Å².